The number of aliphatic carboxylic acids is 1. The standard InChI is InChI=1S/C15H22O2S/c1-12(2)14-8-6-13(7-9-14)5-3-4-10-18-11-15(16)17/h6-9,12H,3-5,10-11H2,1-2H3,(H,16,17). The summed E-state index contributed by atoms with van der Waals surface area (Å²) in [4.78, 5) is 10.3. The van der Waals surface area contributed by atoms with Crippen molar-refractivity contribution in [3.05, 3.63) is 35.4 Å². The van der Waals surface area contributed by atoms with E-state index < -0.39 is 5.97 Å². The third kappa shape index (κ3) is 6.10. The molecule has 1 rings (SSSR count). The molecule has 18 heavy (non-hydrogen) atoms. The lowest BCUT2D eigenvalue weighted by molar-refractivity contribution is -0.133. The average Bonchev–Trinajstić information content (AvgIpc) is 2.34. The van der Waals surface area contributed by atoms with E-state index in [1.54, 1.807) is 0 Å². The van der Waals surface area contributed by atoms with Crippen molar-refractivity contribution < 1.29 is 9.90 Å². The molecule has 0 radical (unpaired) electrons. The minimum atomic E-state index is -0.718. The molecule has 0 atom stereocenters. The molecule has 1 aromatic rings. The third-order valence-corrected chi connectivity index (χ3v) is 3.90. The van der Waals surface area contributed by atoms with Gasteiger partial charge >= 0.3 is 5.97 Å². The number of hydrogen-bond acceptors (Lipinski definition) is 2. The quantitative estimate of drug-likeness (QED) is 0.724. The molecule has 0 saturated carbocycles. The van der Waals surface area contributed by atoms with Crippen LogP contribution in [0.5, 0.6) is 0 Å². The van der Waals surface area contributed by atoms with Gasteiger partial charge in [-0.05, 0) is 42.1 Å². The topological polar surface area (TPSA) is 37.3 Å². The first-order chi connectivity index (χ1) is 8.59. The van der Waals surface area contributed by atoms with Crippen molar-refractivity contribution in [3.63, 3.8) is 0 Å². The molecule has 0 aliphatic carbocycles. The molecule has 0 spiro atoms. The number of carbonyl (C=O) groups is 1. The van der Waals surface area contributed by atoms with Crippen molar-refractivity contribution in [2.24, 2.45) is 0 Å². The maximum atomic E-state index is 10.3. The van der Waals surface area contributed by atoms with E-state index in [-0.39, 0.29) is 5.75 Å². The lowest BCUT2D eigenvalue weighted by atomic mass is 10.00. The predicted octanol–water partition coefficient (Wildman–Crippen LogP) is 3.95. The number of carboxylic acid groups (broad SMARTS) is 1. The summed E-state index contributed by atoms with van der Waals surface area (Å²) in [7, 11) is 0. The number of unbranched alkanes of at least 4 members (excludes halogenated alkanes) is 1. The number of thioether (sulfide) groups is 1. The van der Waals surface area contributed by atoms with Gasteiger partial charge in [0.15, 0.2) is 0 Å². The fourth-order valence-electron chi connectivity index (χ4n) is 1.76. The fourth-order valence-corrected chi connectivity index (χ4v) is 2.49. The summed E-state index contributed by atoms with van der Waals surface area (Å²) in [6, 6.07) is 8.83. The van der Waals surface area contributed by atoms with Crippen molar-refractivity contribution in [3.8, 4) is 0 Å². The molecule has 0 aliphatic heterocycles. The van der Waals surface area contributed by atoms with Gasteiger partial charge in [0.05, 0.1) is 5.75 Å². The minimum absolute atomic E-state index is 0.225. The van der Waals surface area contributed by atoms with Gasteiger partial charge < -0.3 is 5.11 Å². The summed E-state index contributed by atoms with van der Waals surface area (Å²) in [6.07, 6.45) is 3.31. The molecule has 1 aromatic carbocycles. The second kappa shape index (κ2) is 8.20. The Bertz CT molecular complexity index is 357. The van der Waals surface area contributed by atoms with Crippen LogP contribution in [0.1, 0.15) is 43.7 Å². The van der Waals surface area contributed by atoms with E-state index in [0.717, 1.165) is 25.0 Å². The normalized spacial score (nSPS) is 10.8. The van der Waals surface area contributed by atoms with Crippen LogP contribution in [0.25, 0.3) is 0 Å². The Hall–Kier alpha value is -0.960. The molecule has 2 nitrogen and oxygen atoms in total. The molecule has 0 saturated heterocycles. The third-order valence-electron chi connectivity index (χ3n) is 2.88. The molecular formula is C15H22O2S. The Kier molecular flexibility index (Phi) is 6.88. The Labute approximate surface area is 114 Å². The van der Waals surface area contributed by atoms with E-state index in [4.69, 9.17) is 5.11 Å². The van der Waals surface area contributed by atoms with Crippen LogP contribution in [0.4, 0.5) is 0 Å². The molecule has 0 amide bonds. The first kappa shape index (κ1) is 15.1. The summed E-state index contributed by atoms with van der Waals surface area (Å²) >= 11 is 1.50. The summed E-state index contributed by atoms with van der Waals surface area (Å²) in [5.41, 5.74) is 2.76. The van der Waals surface area contributed by atoms with E-state index in [2.05, 4.69) is 38.1 Å². The van der Waals surface area contributed by atoms with E-state index in [1.807, 2.05) is 0 Å². The number of aryl methyl sites for hydroxylation is 1. The summed E-state index contributed by atoms with van der Waals surface area (Å²) in [5, 5.41) is 8.50. The Balaban J connectivity index is 2.17. The van der Waals surface area contributed by atoms with Crippen LogP contribution in [-0.4, -0.2) is 22.6 Å². The van der Waals surface area contributed by atoms with Gasteiger partial charge in [-0.3, -0.25) is 4.79 Å². The van der Waals surface area contributed by atoms with Crippen molar-refractivity contribution in [1.82, 2.24) is 0 Å². The Morgan fingerprint density at radius 1 is 1.22 bits per heavy atom. The summed E-state index contributed by atoms with van der Waals surface area (Å²) in [5.74, 6) is 1.04. The van der Waals surface area contributed by atoms with Crippen LogP contribution in [0, 0.1) is 0 Å². The van der Waals surface area contributed by atoms with Crippen LogP contribution in [0.2, 0.25) is 0 Å². The molecule has 0 heterocycles. The second-order valence-electron chi connectivity index (χ2n) is 4.80. The maximum Gasteiger partial charge on any atom is 0.313 e. The number of carboxylic acids is 1. The van der Waals surface area contributed by atoms with Crippen molar-refractivity contribution in [2.45, 2.75) is 39.0 Å². The summed E-state index contributed by atoms with van der Waals surface area (Å²) in [6.45, 7) is 4.41. The predicted molar refractivity (Wildman–Crippen MR) is 78.4 cm³/mol. The molecule has 0 aliphatic rings. The molecule has 3 heteroatoms. The zero-order chi connectivity index (χ0) is 13.4. The smallest absolute Gasteiger partial charge is 0.313 e. The van der Waals surface area contributed by atoms with E-state index in [1.165, 1.54) is 22.9 Å². The zero-order valence-electron chi connectivity index (χ0n) is 11.2. The molecule has 1 N–H and O–H groups in total. The van der Waals surface area contributed by atoms with Gasteiger partial charge in [-0.25, -0.2) is 0 Å². The molecule has 0 unspecified atom stereocenters. The Morgan fingerprint density at radius 3 is 2.44 bits per heavy atom. The first-order valence-electron chi connectivity index (χ1n) is 6.48. The number of benzene rings is 1. The van der Waals surface area contributed by atoms with Gasteiger partial charge in [-0.15, -0.1) is 0 Å². The van der Waals surface area contributed by atoms with Gasteiger partial charge in [0, 0.05) is 0 Å². The largest absolute Gasteiger partial charge is 0.481 e. The first-order valence-corrected chi connectivity index (χ1v) is 7.63. The van der Waals surface area contributed by atoms with Gasteiger partial charge in [-0.1, -0.05) is 38.1 Å². The van der Waals surface area contributed by atoms with E-state index in [9.17, 15) is 4.79 Å². The SMILES string of the molecule is CC(C)c1ccc(CCCCSCC(=O)O)cc1. The lowest BCUT2D eigenvalue weighted by Gasteiger charge is -2.06. The van der Waals surface area contributed by atoms with Crippen LogP contribution in [-0.2, 0) is 11.2 Å². The number of hydrogen-bond donors (Lipinski definition) is 1. The molecular weight excluding hydrogens is 244 g/mol. The highest BCUT2D eigenvalue weighted by molar-refractivity contribution is 7.99. The van der Waals surface area contributed by atoms with Crippen molar-refractivity contribution >= 4 is 17.7 Å². The van der Waals surface area contributed by atoms with Crippen LogP contribution in [0.3, 0.4) is 0 Å². The van der Waals surface area contributed by atoms with Gasteiger partial charge in [0.25, 0.3) is 0 Å². The van der Waals surface area contributed by atoms with Gasteiger partial charge in [0.2, 0.25) is 0 Å². The second-order valence-corrected chi connectivity index (χ2v) is 5.90. The maximum absolute atomic E-state index is 10.3. The van der Waals surface area contributed by atoms with E-state index in [0.29, 0.717) is 5.92 Å². The van der Waals surface area contributed by atoms with Crippen LogP contribution in [0.15, 0.2) is 24.3 Å². The van der Waals surface area contributed by atoms with Crippen LogP contribution < -0.4 is 0 Å². The van der Waals surface area contributed by atoms with Crippen molar-refractivity contribution in [1.29, 1.82) is 0 Å². The fraction of sp³-hybridized carbons (Fsp3) is 0.533. The zero-order valence-corrected chi connectivity index (χ0v) is 12.0. The minimum Gasteiger partial charge on any atom is -0.481 e. The van der Waals surface area contributed by atoms with E-state index >= 15 is 0 Å². The highest BCUT2D eigenvalue weighted by atomic mass is 32.2. The molecule has 0 fully saturated rings. The lowest BCUT2D eigenvalue weighted by Crippen LogP contribution is -1.99. The van der Waals surface area contributed by atoms with Crippen molar-refractivity contribution in [2.75, 3.05) is 11.5 Å². The molecule has 0 aromatic heterocycles. The highest BCUT2D eigenvalue weighted by Gasteiger charge is 2.00. The van der Waals surface area contributed by atoms with Gasteiger partial charge in [0.1, 0.15) is 0 Å². The Morgan fingerprint density at radius 2 is 1.89 bits per heavy atom. The van der Waals surface area contributed by atoms with Gasteiger partial charge in [-0.2, -0.15) is 11.8 Å². The number of rotatable bonds is 8. The summed E-state index contributed by atoms with van der Waals surface area (Å²) < 4.78 is 0. The average molecular weight is 266 g/mol. The van der Waals surface area contributed by atoms with Crippen LogP contribution >= 0.6 is 11.8 Å². The monoisotopic (exact) mass is 266 g/mol. The highest BCUT2D eigenvalue weighted by Crippen LogP contribution is 2.16. The molecule has 100 valence electrons. The molecule has 0 bridgehead atoms.